The number of ether oxygens (including phenoxy) is 3. The van der Waals surface area contributed by atoms with Crippen molar-refractivity contribution in [2.75, 3.05) is 20.3 Å². The third-order valence-electron chi connectivity index (χ3n) is 3.76. The summed E-state index contributed by atoms with van der Waals surface area (Å²) in [6.07, 6.45) is 7.28. The fourth-order valence-electron chi connectivity index (χ4n) is 2.58. The minimum Gasteiger partial charge on any atom is -0.474 e. The van der Waals surface area contributed by atoms with Crippen molar-refractivity contribution >= 4 is 0 Å². The van der Waals surface area contributed by atoms with Crippen LogP contribution in [0.1, 0.15) is 6.23 Å². The molecule has 1 aliphatic heterocycles. The molecule has 0 radical (unpaired) electrons. The average molecular weight is 350 g/mol. The zero-order valence-electron chi connectivity index (χ0n) is 13.5. The van der Waals surface area contributed by atoms with Gasteiger partial charge in [-0.1, -0.05) is 11.8 Å². The highest BCUT2D eigenvalue weighted by Gasteiger charge is 2.45. The lowest BCUT2D eigenvalue weighted by atomic mass is 10.1. The molecule has 1 aromatic heterocycles. The molecule has 0 saturated carbocycles. The first-order valence-corrected chi connectivity index (χ1v) is 7.33. The van der Waals surface area contributed by atoms with Gasteiger partial charge in [-0.3, -0.25) is 9.36 Å². The fraction of sp³-hybridized carbons (Fsp3) is 0.500. The first-order chi connectivity index (χ1) is 12.0. The molecular weight excluding hydrogens is 332 g/mol. The van der Waals surface area contributed by atoms with Gasteiger partial charge < -0.3 is 24.4 Å². The summed E-state index contributed by atoms with van der Waals surface area (Å²) < 4.78 is 17.7. The first-order valence-electron chi connectivity index (χ1n) is 7.33. The number of rotatable bonds is 6. The molecule has 1 saturated heterocycles. The molecule has 2 N–H and O–H groups in total. The summed E-state index contributed by atoms with van der Waals surface area (Å²) in [6.45, 7) is -0.956. The van der Waals surface area contributed by atoms with E-state index in [4.69, 9.17) is 27.1 Å². The Bertz CT molecular complexity index is 814. The van der Waals surface area contributed by atoms with Crippen LogP contribution in [0.4, 0.5) is 0 Å². The van der Waals surface area contributed by atoms with Crippen molar-refractivity contribution in [1.82, 2.24) is 9.13 Å². The lowest BCUT2D eigenvalue weighted by Crippen LogP contribution is -2.44. The highest BCUT2D eigenvalue weighted by molar-refractivity contribution is 5.16. The normalized spacial score (nSPS) is 25.3. The molecular formula is C16H18N2O7. The topological polar surface area (TPSA) is 112 Å². The summed E-state index contributed by atoms with van der Waals surface area (Å²) in [5.41, 5.74) is -1.51. The van der Waals surface area contributed by atoms with E-state index >= 15 is 0 Å². The van der Waals surface area contributed by atoms with E-state index in [-0.39, 0.29) is 18.9 Å². The van der Waals surface area contributed by atoms with Crippen molar-refractivity contribution in [2.45, 2.75) is 31.1 Å². The number of aliphatic hydroxyl groups excluding tert-OH is 2. The highest BCUT2D eigenvalue weighted by atomic mass is 16.6. The van der Waals surface area contributed by atoms with E-state index in [9.17, 15) is 19.8 Å². The quantitative estimate of drug-likeness (QED) is 0.566. The molecule has 0 spiro atoms. The molecule has 9 heteroatoms. The van der Waals surface area contributed by atoms with Crippen LogP contribution in [0.5, 0.6) is 5.75 Å². The Morgan fingerprint density at radius 2 is 2.08 bits per heavy atom. The van der Waals surface area contributed by atoms with Gasteiger partial charge >= 0.3 is 5.69 Å². The number of aliphatic hydroxyl groups is 2. The molecule has 2 heterocycles. The summed E-state index contributed by atoms with van der Waals surface area (Å²) >= 11 is 0. The smallest absolute Gasteiger partial charge is 0.334 e. The van der Waals surface area contributed by atoms with Crippen LogP contribution in [-0.4, -0.2) is 58.0 Å². The predicted molar refractivity (Wildman–Crippen MR) is 85.9 cm³/mol. The number of nitrogens with zero attached hydrogens (tertiary/aromatic N) is 2. The van der Waals surface area contributed by atoms with Gasteiger partial charge in [-0.15, -0.1) is 12.8 Å². The van der Waals surface area contributed by atoms with Gasteiger partial charge in [0.2, 0.25) is 5.75 Å². The zero-order valence-corrected chi connectivity index (χ0v) is 13.5. The van der Waals surface area contributed by atoms with Crippen LogP contribution in [-0.2, 0) is 16.0 Å². The van der Waals surface area contributed by atoms with Gasteiger partial charge in [0.1, 0.15) is 24.9 Å². The molecule has 0 bridgehead atoms. The molecule has 1 aliphatic rings. The van der Waals surface area contributed by atoms with Crippen LogP contribution in [0.25, 0.3) is 0 Å². The maximum absolute atomic E-state index is 12.6. The Hall–Kier alpha value is -2.56. The van der Waals surface area contributed by atoms with Crippen LogP contribution < -0.4 is 16.0 Å². The first kappa shape index (κ1) is 18.8. The summed E-state index contributed by atoms with van der Waals surface area (Å²) in [5.74, 6) is 4.23. The van der Waals surface area contributed by atoms with E-state index in [1.807, 2.05) is 0 Å². The molecule has 134 valence electrons. The summed E-state index contributed by atoms with van der Waals surface area (Å²) in [7, 11) is 1.32. The van der Waals surface area contributed by atoms with Gasteiger partial charge in [0.15, 0.2) is 6.23 Å². The van der Waals surface area contributed by atoms with Gasteiger partial charge in [-0.2, -0.15) is 0 Å². The largest absolute Gasteiger partial charge is 0.474 e. The van der Waals surface area contributed by atoms with Gasteiger partial charge in [0.25, 0.3) is 5.56 Å². The maximum Gasteiger partial charge on any atom is 0.334 e. The second kappa shape index (κ2) is 8.01. The van der Waals surface area contributed by atoms with Crippen molar-refractivity contribution in [1.29, 1.82) is 0 Å². The van der Waals surface area contributed by atoms with Crippen molar-refractivity contribution in [3.8, 4) is 30.4 Å². The SMILES string of the molecule is C#CCOc1cn(C2OC(CO)C(O)C2OC)c(=O)n(CC#C)c1=O. The van der Waals surface area contributed by atoms with E-state index in [0.717, 1.165) is 15.3 Å². The second-order valence-corrected chi connectivity index (χ2v) is 5.21. The standard InChI is InChI=1S/C16H18N2O7/c1-4-6-17-14(21)10(24-7-5-2)8-18(16(17)22)15-13(23-3)12(20)11(9-19)25-15/h1-2,8,11-13,15,19-20H,6-7,9H2,3H3. The molecule has 1 fully saturated rings. The number of aromatic nitrogens is 2. The monoisotopic (exact) mass is 350 g/mol. The van der Waals surface area contributed by atoms with Gasteiger partial charge in [-0.05, 0) is 0 Å². The van der Waals surface area contributed by atoms with Crippen molar-refractivity contribution in [3.63, 3.8) is 0 Å². The van der Waals surface area contributed by atoms with Crippen molar-refractivity contribution in [3.05, 3.63) is 27.0 Å². The third kappa shape index (κ3) is 3.45. The summed E-state index contributed by atoms with van der Waals surface area (Å²) in [5, 5.41) is 19.4. The molecule has 4 atom stereocenters. The van der Waals surface area contributed by atoms with E-state index in [0.29, 0.717) is 0 Å². The molecule has 9 nitrogen and oxygen atoms in total. The fourth-order valence-corrected chi connectivity index (χ4v) is 2.58. The van der Waals surface area contributed by atoms with Crippen LogP contribution >= 0.6 is 0 Å². The van der Waals surface area contributed by atoms with Crippen LogP contribution in [0.15, 0.2) is 15.8 Å². The minimum absolute atomic E-state index is 0.190. The van der Waals surface area contributed by atoms with Crippen LogP contribution in [0, 0.1) is 24.7 Å². The third-order valence-corrected chi connectivity index (χ3v) is 3.76. The molecule has 1 aromatic rings. The van der Waals surface area contributed by atoms with Gasteiger partial charge in [0.05, 0.1) is 19.3 Å². The van der Waals surface area contributed by atoms with Gasteiger partial charge in [-0.25, -0.2) is 9.36 Å². The lowest BCUT2D eigenvalue weighted by molar-refractivity contribution is -0.0633. The Morgan fingerprint density at radius 3 is 2.64 bits per heavy atom. The minimum atomic E-state index is -1.17. The Morgan fingerprint density at radius 1 is 1.36 bits per heavy atom. The maximum atomic E-state index is 12.6. The number of terminal acetylenes is 2. The number of methoxy groups -OCH3 is 1. The molecule has 2 rings (SSSR count). The second-order valence-electron chi connectivity index (χ2n) is 5.21. The molecule has 4 unspecified atom stereocenters. The lowest BCUT2D eigenvalue weighted by Gasteiger charge is -2.22. The Balaban J connectivity index is 2.58. The average Bonchev–Trinajstić information content (AvgIpc) is 2.93. The van der Waals surface area contributed by atoms with Gasteiger partial charge in [0, 0.05) is 7.11 Å². The van der Waals surface area contributed by atoms with E-state index in [1.165, 1.54) is 7.11 Å². The van der Waals surface area contributed by atoms with Crippen molar-refractivity contribution in [2.24, 2.45) is 0 Å². The molecule has 0 aromatic carbocycles. The van der Waals surface area contributed by atoms with E-state index < -0.39 is 42.4 Å². The molecule has 0 amide bonds. The van der Waals surface area contributed by atoms with E-state index in [2.05, 4.69) is 11.8 Å². The Labute approximate surface area is 143 Å². The zero-order chi connectivity index (χ0) is 18.6. The van der Waals surface area contributed by atoms with Crippen LogP contribution in [0.2, 0.25) is 0 Å². The molecule has 0 aliphatic carbocycles. The summed E-state index contributed by atoms with van der Waals surface area (Å²) in [4.78, 5) is 24.9. The summed E-state index contributed by atoms with van der Waals surface area (Å²) in [6, 6.07) is 0. The molecule has 25 heavy (non-hydrogen) atoms. The number of hydrogen-bond donors (Lipinski definition) is 2. The number of hydrogen-bond acceptors (Lipinski definition) is 7. The predicted octanol–water partition coefficient (Wildman–Crippen LogP) is -2.08. The van der Waals surface area contributed by atoms with Crippen LogP contribution in [0.3, 0.4) is 0 Å². The Kier molecular flexibility index (Phi) is 6.02. The van der Waals surface area contributed by atoms with E-state index in [1.54, 1.807) is 0 Å². The van der Waals surface area contributed by atoms with Crippen molar-refractivity contribution < 1.29 is 24.4 Å². The highest BCUT2D eigenvalue weighted by Crippen LogP contribution is 2.30.